The molecule has 2 aliphatic rings. The highest BCUT2D eigenvalue weighted by atomic mass is 35.5. The third kappa shape index (κ3) is 4.07. The van der Waals surface area contributed by atoms with Crippen molar-refractivity contribution >= 4 is 23.5 Å². The summed E-state index contributed by atoms with van der Waals surface area (Å²) in [6, 6.07) is 5.08. The lowest BCUT2D eigenvalue weighted by atomic mass is 10.0. The first kappa shape index (κ1) is 20.9. The molecule has 2 aromatic heterocycles. The fraction of sp³-hybridized carbons (Fsp3) is 0.391. The predicted molar refractivity (Wildman–Crippen MR) is 120 cm³/mol. The molecule has 166 valence electrons. The fourth-order valence-electron chi connectivity index (χ4n) is 4.41. The van der Waals surface area contributed by atoms with Crippen molar-refractivity contribution in [2.24, 2.45) is 0 Å². The molecule has 0 atom stereocenters. The Labute approximate surface area is 190 Å². The van der Waals surface area contributed by atoms with Crippen molar-refractivity contribution in [2.75, 3.05) is 18.0 Å². The summed E-state index contributed by atoms with van der Waals surface area (Å²) >= 11 is 5.89. The Morgan fingerprint density at radius 2 is 1.78 bits per heavy atom. The van der Waals surface area contributed by atoms with Gasteiger partial charge in [-0.3, -0.25) is 4.79 Å². The molecule has 3 aromatic rings. The lowest BCUT2D eigenvalue weighted by Gasteiger charge is -2.39. The number of aromatic nitrogens is 4. The van der Waals surface area contributed by atoms with E-state index in [9.17, 15) is 9.18 Å². The van der Waals surface area contributed by atoms with E-state index in [1.807, 2.05) is 11.8 Å². The van der Waals surface area contributed by atoms with Crippen LogP contribution in [0.2, 0.25) is 5.02 Å². The minimum Gasteiger partial charge on any atom is -0.341 e. The van der Waals surface area contributed by atoms with Gasteiger partial charge in [0.05, 0.1) is 23.1 Å². The van der Waals surface area contributed by atoms with Crippen molar-refractivity contribution in [3.05, 3.63) is 65.2 Å². The number of carbonyl (C=O) groups is 1. The number of amides is 1. The monoisotopic (exact) mass is 454 g/mol. The van der Waals surface area contributed by atoms with Crippen molar-refractivity contribution in [1.29, 1.82) is 0 Å². The molecule has 9 heteroatoms. The van der Waals surface area contributed by atoms with Gasteiger partial charge in [-0.2, -0.15) is 0 Å². The zero-order valence-corrected chi connectivity index (χ0v) is 18.5. The third-order valence-electron chi connectivity index (χ3n) is 6.20. The van der Waals surface area contributed by atoms with Crippen molar-refractivity contribution in [2.45, 2.75) is 44.7 Å². The normalized spacial score (nSPS) is 16.9. The molecule has 1 aliphatic heterocycles. The number of carbonyl (C=O) groups excluding carboxylic acids is 1. The van der Waals surface area contributed by atoms with E-state index in [1.165, 1.54) is 6.07 Å². The summed E-state index contributed by atoms with van der Waals surface area (Å²) in [6.07, 6.45) is 10.2. The highest BCUT2D eigenvalue weighted by Crippen LogP contribution is 2.34. The predicted octanol–water partition coefficient (Wildman–Crippen LogP) is 4.04. The number of nitrogens with zero attached hydrogens (tertiary/aromatic N) is 6. The van der Waals surface area contributed by atoms with Crippen LogP contribution in [-0.4, -0.2) is 55.5 Å². The topological polar surface area (TPSA) is 67.2 Å². The van der Waals surface area contributed by atoms with Gasteiger partial charge in [0.25, 0.3) is 5.91 Å². The molecule has 7 nitrogen and oxygen atoms in total. The van der Waals surface area contributed by atoms with Gasteiger partial charge < -0.3 is 14.4 Å². The number of hydrogen-bond acceptors (Lipinski definition) is 5. The van der Waals surface area contributed by atoms with Crippen LogP contribution >= 0.6 is 11.6 Å². The Morgan fingerprint density at radius 1 is 1.09 bits per heavy atom. The molecular formula is C23H24ClFN6O. The largest absolute Gasteiger partial charge is 0.341 e. The molecule has 2 fully saturated rings. The first-order chi connectivity index (χ1) is 15.5. The summed E-state index contributed by atoms with van der Waals surface area (Å²) in [7, 11) is 0. The number of hydrogen-bond donors (Lipinski definition) is 0. The summed E-state index contributed by atoms with van der Waals surface area (Å²) in [4.78, 5) is 30.3. The SMILES string of the molecule is Cc1nccn1-c1ccc(C(=O)N(C2CC2)C2CCN(c3ncc(Cl)cn3)CC2)cc1F. The van der Waals surface area contributed by atoms with E-state index < -0.39 is 5.82 Å². The molecule has 1 aliphatic carbocycles. The number of halogens is 2. The van der Waals surface area contributed by atoms with E-state index in [4.69, 9.17) is 11.6 Å². The van der Waals surface area contributed by atoms with Gasteiger partial charge in [0, 0.05) is 43.1 Å². The molecule has 0 spiro atoms. The number of rotatable bonds is 5. The molecule has 0 radical (unpaired) electrons. The molecule has 1 saturated heterocycles. The van der Waals surface area contributed by atoms with Crippen LogP contribution in [0.15, 0.2) is 43.0 Å². The first-order valence-corrected chi connectivity index (χ1v) is 11.2. The summed E-state index contributed by atoms with van der Waals surface area (Å²) < 4.78 is 16.6. The Morgan fingerprint density at radius 3 is 2.38 bits per heavy atom. The van der Waals surface area contributed by atoms with Crippen molar-refractivity contribution in [3.8, 4) is 5.69 Å². The van der Waals surface area contributed by atoms with Crippen molar-refractivity contribution in [3.63, 3.8) is 0 Å². The van der Waals surface area contributed by atoms with Crippen LogP contribution in [0.25, 0.3) is 5.69 Å². The van der Waals surface area contributed by atoms with Crippen molar-refractivity contribution < 1.29 is 9.18 Å². The molecule has 1 aromatic carbocycles. The molecule has 1 amide bonds. The second-order valence-electron chi connectivity index (χ2n) is 8.37. The van der Waals surface area contributed by atoms with E-state index in [0.717, 1.165) is 38.8 Å². The van der Waals surface area contributed by atoms with E-state index in [-0.39, 0.29) is 18.0 Å². The van der Waals surface area contributed by atoms with Crippen LogP contribution < -0.4 is 4.90 Å². The number of aryl methyl sites for hydroxylation is 1. The fourth-order valence-corrected chi connectivity index (χ4v) is 4.51. The highest BCUT2D eigenvalue weighted by Gasteiger charge is 2.39. The molecule has 3 heterocycles. The average molecular weight is 455 g/mol. The van der Waals surface area contributed by atoms with Crippen LogP contribution in [0.5, 0.6) is 0 Å². The Hall–Kier alpha value is -3.00. The zero-order valence-electron chi connectivity index (χ0n) is 17.8. The smallest absolute Gasteiger partial charge is 0.254 e. The van der Waals surface area contributed by atoms with Gasteiger partial charge in [-0.05, 0) is 50.8 Å². The van der Waals surface area contributed by atoms with E-state index in [0.29, 0.717) is 28.0 Å². The summed E-state index contributed by atoms with van der Waals surface area (Å²) in [5.74, 6) is 0.826. The second kappa shape index (κ2) is 8.50. The van der Waals surface area contributed by atoms with Gasteiger partial charge >= 0.3 is 0 Å². The van der Waals surface area contributed by atoms with Gasteiger partial charge in [0.1, 0.15) is 11.6 Å². The van der Waals surface area contributed by atoms with Gasteiger partial charge in [0.15, 0.2) is 0 Å². The van der Waals surface area contributed by atoms with E-state index in [1.54, 1.807) is 41.5 Å². The van der Waals surface area contributed by atoms with Gasteiger partial charge in [-0.15, -0.1) is 0 Å². The van der Waals surface area contributed by atoms with Crippen LogP contribution in [0.1, 0.15) is 41.9 Å². The maximum atomic E-state index is 14.9. The third-order valence-corrected chi connectivity index (χ3v) is 6.40. The van der Waals surface area contributed by atoms with Gasteiger partial charge in [-0.25, -0.2) is 19.3 Å². The van der Waals surface area contributed by atoms with Crippen LogP contribution in [-0.2, 0) is 0 Å². The maximum absolute atomic E-state index is 14.9. The molecule has 0 bridgehead atoms. The molecule has 5 rings (SSSR count). The molecule has 32 heavy (non-hydrogen) atoms. The lowest BCUT2D eigenvalue weighted by Crippen LogP contribution is -2.48. The standard InChI is InChI=1S/C23H24ClFN6O/c1-15-26-8-11-30(15)21-5-2-16(12-20(21)25)22(32)31(18-3-4-18)19-6-9-29(10-7-19)23-27-13-17(24)14-28-23/h2,5,8,11-14,18-19H,3-4,6-7,9-10H2,1H3. The van der Waals surface area contributed by atoms with Gasteiger partial charge in [-0.1, -0.05) is 11.6 Å². The Balaban J connectivity index is 1.31. The lowest BCUT2D eigenvalue weighted by molar-refractivity contribution is 0.0630. The number of benzene rings is 1. The highest BCUT2D eigenvalue weighted by molar-refractivity contribution is 6.30. The summed E-state index contributed by atoms with van der Waals surface area (Å²) in [6.45, 7) is 3.33. The number of piperidine rings is 1. The first-order valence-electron chi connectivity index (χ1n) is 10.9. The summed E-state index contributed by atoms with van der Waals surface area (Å²) in [5.41, 5.74) is 0.783. The second-order valence-corrected chi connectivity index (χ2v) is 8.81. The van der Waals surface area contributed by atoms with Crippen molar-refractivity contribution in [1.82, 2.24) is 24.4 Å². The van der Waals surface area contributed by atoms with Crippen LogP contribution in [0.3, 0.4) is 0 Å². The minimum atomic E-state index is -0.428. The molecule has 1 saturated carbocycles. The van der Waals surface area contributed by atoms with Crippen LogP contribution in [0.4, 0.5) is 10.3 Å². The maximum Gasteiger partial charge on any atom is 0.254 e. The average Bonchev–Trinajstić information content (AvgIpc) is 3.54. The number of imidazole rings is 1. The number of anilines is 1. The van der Waals surface area contributed by atoms with Gasteiger partial charge in [0.2, 0.25) is 5.95 Å². The minimum absolute atomic E-state index is 0.0958. The zero-order chi connectivity index (χ0) is 22.2. The molecular weight excluding hydrogens is 431 g/mol. The van der Waals surface area contributed by atoms with Crippen LogP contribution in [0, 0.1) is 12.7 Å². The Kier molecular flexibility index (Phi) is 5.55. The summed E-state index contributed by atoms with van der Waals surface area (Å²) in [5, 5.41) is 0.510. The Bertz CT molecular complexity index is 1120. The van der Waals surface area contributed by atoms with E-state index >= 15 is 0 Å². The van der Waals surface area contributed by atoms with E-state index in [2.05, 4.69) is 19.9 Å². The molecule has 0 unspecified atom stereocenters. The quantitative estimate of drug-likeness (QED) is 0.582. The molecule has 0 N–H and O–H groups in total.